The minimum absolute atomic E-state index is 0.131. The number of nitrogens with one attached hydrogen (secondary N) is 2. The van der Waals surface area contributed by atoms with Gasteiger partial charge in [-0.1, -0.05) is 65.9 Å². The Bertz CT molecular complexity index is 1660. The Morgan fingerprint density at radius 2 is 1.63 bits per heavy atom. The summed E-state index contributed by atoms with van der Waals surface area (Å²) in [6.45, 7) is 0. The molecule has 4 N–H and O–H groups in total. The van der Waals surface area contributed by atoms with E-state index < -0.39 is 11.6 Å². The van der Waals surface area contributed by atoms with Crippen molar-refractivity contribution in [3.05, 3.63) is 101 Å². The third-order valence-corrected chi connectivity index (χ3v) is 6.10. The predicted octanol–water partition coefficient (Wildman–Crippen LogP) is 5.13. The van der Waals surface area contributed by atoms with Crippen LogP contribution in [0.2, 0.25) is 0 Å². The van der Waals surface area contributed by atoms with Gasteiger partial charge in [0.15, 0.2) is 17.3 Å². The molecule has 9 heteroatoms. The van der Waals surface area contributed by atoms with Crippen molar-refractivity contribution in [2.75, 3.05) is 5.73 Å². The molecule has 0 spiro atoms. The van der Waals surface area contributed by atoms with E-state index in [2.05, 4.69) is 25.4 Å². The molecule has 0 saturated heterocycles. The average Bonchev–Trinajstić information content (AvgIpc) is 3.50. The molecule has 35 heavy (non-hydrogen) atoms. The summed E-state index contributed by atoms with van der Waals surface area (Å²) in [4.78, 5) is 12.2. The van der Waals surface area contributed by atoms with Crippen LogP contribution in [0.4, 0.5) is 14.6 Å². The van der Waals surface area contributed by atoms with Gasteiger partial charge in [-0.2, -0.15) is 0 Å². The van der Waals surface area contributed by atoms with Crippen LogP contribution in [0.3, 0.4) is 0 Å². The first-order valence-electron chi connectivity index (χ1n) is 11.0. The predicted molar refractivity (Wildman–Crippen MR) is 130 cm³/mol. The number of aromatic amines is 2. The van der Waals surface area contributed by atoms with E-state index in [0.717, 1.165) is 17.2 Å². The summed E-state index contributed by atoms with van der Waals surface area (Å²) in [6.07, 6.45) is 0.404. The molecule has 6 rings (SSSR count). The Labute approximate surface area is 198 Å². The van der Waals surface area contributed by atoms with Crippen molar-refractivity contribution < 1.29 is 8.78 Å². The Kier molecular flexibility index (Phi) is 4.95. The molecule has 6 aromatic rings. The Balaban J connectivity index is 1.51. The van der Waals surface area contributed by atoms with Crippen LogP contribution in [-0.4, -0.2) is 30.4 Å². The fraction of sp³-hybridized carbons (Fsp3) is 0.0769. The normalized spacial score (nSPS) is 12.4. The molecule has 0 bridgehead atoms. The Hall–Kier alpha value is -4.66. The highest BCUT2D eigenvalue weighted by Gasteiger charge is 2.24. The lowest BCUT2D eigenvalue weighted by atomic mass is 9.88. The molecule has 0 saturated carbocycles. The number of nitrogens with zero attached hydrogens (tertiary/aromatic N) is 4. The van der Waals surface area contributed by atoms with Crippen molar-refractivity contribution in [2.24, 2.45) is 0 Å². The van der Waals surface area contributed by atoms with E-state index in [0.29, 0.717) is 45.8 Å². The molecule has 0 amide bonds. The molecule has 0 unspecified atom stereocenters. The molecule has 3 heterocycles. The smallest absolute Gasteiger partial charge is 0.178 e. The summed E-state index contributed by atoms with van der Waals surface area (Å²) in [5.41, 5.74) is 10.5. The van der Waals surface area contributed by atoms with Crippen LogP contribution in [0, 0.1) is 11.6 Å². The lowest BCUT2D eigenvalue weighted by Crippen LogP contribution is -2.08. The van der Waals surface area contributed by atoms with Crippen molar-refractivity contribution in [1.29, 1.82) is 0 Å². The van der Waals surface area contributed by atoms with E-state index in [1.54, 1.807) is 30.3 Å². The largest absolute Gasteiger partial charge is 0.384 e. The highest BCUT2D eigenvalue weighted by Crippen LogP contribution is 2.35. The Morgan fingerprint density at radius 3 is 2.40 bits per heavy atom. The van der Waals surface area contributed by atoms with Gasteiger partial charge in [0.2, 0.25) is 0 Å². The van der Waals surface area contributed by atoms with Gasteiger partial charge in [0, 0.05) is 24.0 Å². The molecule has 172 valence electrons. The first-order chi connectivity index (χ1) is 17.1. The molecular formula is C26H19F2N7. The number of nitrogens with two attached hydrogens (primary N) is 1. The van der Waals surface area contributed by atoms with Crippen molar-refractivity contribution in [2.45, 2.75) is 12.3 Å². The average molecular weight is 467 g/mol. The zero-order chi connectivity index (χ0) is 23.9. The molecule has 3 aromatic heterocycles. The van der Waals surface area contributed by atoms with Crippen LogP contribution in [0.1, 0.15) is 22.9 Å². The number of hydrogen-bond donors (Lipinski definition) is 3. The minimum Gasteiger partial charge on any atom is -0.384 e. The molecule has 0 radical (unpaired) electrons. The van der Waals surface area contributed by atoms with Gasteiger partial charge in [0.05, 0.1) is 11.0 Å². The van der Waals surface area contributed by atoms with Gasteiger partial charge in [-0.25, -0.2) is 23.8 Å². The van der Waals surface area contributed by atoms with E-state index in [1.807, 2.05) is 36.4 Å². The van der Waals surface area contributed by atoms with Gasteiger partial charge in [0.1, 0.15) is 17.2 Å². The number of imidazole rings is 1. The summed E-state index contributed by atoms with van der Waals surface area (Å²) in [5, 5.41) is 10.9. The van der Waals surface area contributed by atoms with E-state index in [1.165, 1.54) is 0 Å². The van der Waals surface area contributed by atoms with Crippen LogP contribution >= 0.6 is 0 Å². The first-order valence-corrected chi connectivity index (χ1v) is 11.0. The molecule has 0 aliphatic heterocycles. The summed E-state index contributed by atoms with van der Waals surface area (Å²) >= 11 is 0. The summed E-state index contributed by atoms with van der Waals surface area (Å²) in [5.74, 6) is -1.17. The van der Waals surface area contributed by atoms with Gasteiger partial charge in [-0.05, 0) is 22.8 Å². The quantitative estimate of drug-likeness (QED) is 0.326. The minimum atomic E-state index is -0.933. The van der Waals surface area contributed by atoms with Crippen LogP contribution in [0.5, 0.6) is 0 Å². The first kappa shape index (κ1) is 20.9. The van der Waals surface area contributed by atoms with Crippen LogP contribution < -0.4 is 5.73 Å². The highest BCUT2D eigenvalue weighted by molar-refractivity contribution is 5.92. The molecule has 7 nitrogen and oxygen atoms in total. The van der Waals surface area contributed by atoms with Crippen molar-refractivity contribution in [3.63, 3.8) is 0 Å². The molecular weight excluding hydrogens is 448 g/mol. The van der Waals surface area contributed by atoms with E-state index in [9.17, 15) is 8.78 Å². The van der Waals surface area contributed by atoms with E-state index >= 15 is 0 Å². The third kappa shape index (κ3) is 3.67. The molecule has 1 atom stereocenters. The summed E-state index contributed by atoms with van der Waals surface area (Å²) in [7, 11) is 0. The fourth-order valence-corrected chi connectivity index (χ4v) is 4.55. The standard InChI is InChI=1S/C26H19F2N7/c27-18-13-19-25(22(23(18)28)15-9-5-2-6-10-15)32-21(30-19)12-16(14-7-3-1-4-8-14)17-11-20(29)31-26-24(17)33-35-34-26/h1-11,13,16H,12H2,(H,30,32)(H3,29,31,33,34,35)/t16-/m1/s1. The lowest BCUT2D eigenvalue weighted by molar-refractivity contribution is 0.513. The van der Waals surface area contributed by atoms with E-state index in [4.69, 9.17) is 10.7 Å². The number of benzene rings is 3. The summed E-state index contributed by atoms with van der Waals surface area (Å²) < 4.78 is 29.5. The van der Waals surface area contributed by atoms with Gasteiger partial charge in [-0.3, -0.25) is 0 Å². The van der Waals surface area contributed by atoms with Crippen LogP contribution in [0.15, 0.2) is 72.8 Å². The van der Waals surface area contributed by atoms with Crippen molar-refractivity contribution >= 4 is 28.0 Å². The van der Waals surface area contributed by atoms with Gasteiger partial charge in [-0.15, -0.1) is 5.10 Å². The molecule has 0 fully saturated rings. The lowest BCUT2D eigenvalue weighted by Gasteiger charge is -2.17. The fourth-order valence-electron chi connectivity index (χ4n) is 4.55. The number of nitrogen functional groups attached to an aromatic ring is 1. The van der Waals surface area contributed by atoms with Gasteiger partial charge < -0.3 is 10.7 Å². The topological polar surface area (TPSA) is 109 Å². The number of anilines is 1. The second-order valence-corrected chi connectivity index (χ2v) is 8.31. The second-order valence-electron chi connectivity index (χ2n) is 8.31. The van der Waals surface area contributed by atoms with Crippen molar-refractivity contribution in [1.82, 2.24) is 30.4 Å². The van der Waals surface area contributed by atoms with Gasteiger partial charge in [0.25, 0.3) is 0 Å². The van der Waals surface area contributed by atoms with Crippen molar-refractivity contribution in [3.8, 4) is 11.1 Å². The number of halogens is 2. The number of H-pyrrole nitrogens is 2. The number of fused-ring (bicyclic) bond motifs is 2. The number of hydrogen-bond acceptors (Lipinski definition) is 5. The Morgan fingerprint density at radius 1 is 0.886 bits per heavy atom. The van der Waals surface area contributed by atoms with Crippen LogP contribution in [0.25, 0.3) is 33.3 Å². The molecule has 0 aliphatic rings. The second kappa shape index (κ2) is 8.28. The SMILES string of the molecule is Nc1cc([C@H](Cc2nc3c(-c4ccccc4)c(F)c(F)cc3[nH]2)c2ccccc2)c2nn[nH]c2n1. The maximum absolute atomic E-state index is 14.9. The van der Waals surface area contributed by atoms with Crippen LogP contribution in [-0.2, 0) is 6.42 Å². The third-order valence-electron chi connectivity index (χ3n) is 6.10. The zero-order valence-corrected chi connectivity index (χ0v) is 18.3. The maximum Gasteiger partial charge on any atom is 0.178 e. The van der Waals surface area contributed by atoms with Gasteiger partial charge >= 0.3 is 0 Å². The summed E-state index contributed by atoms with van der Waals surface area (Å²) in [6, 6.07) is 21.6. The monoisotopic (exact) mass is 467 g/mol. The maximum atomic E-state index is 14.9. The number of pyridine rings is 1. The number of rotatable bonds is 5. The number of aromatic nitrogens is 6. The highest BCUT2D eigenvalue weighted by atomic mass is 19.2. The van der Waals surface area contributed by atoms with E-state index in [-0.39, 0.29) is 11.5 Å². The molecule has 0 aliphatic carbocycles. The zero-order valence-electron chi connectivity index (χ0n) is 18.3. The molecule has 3 aromatic carbocycles.